The molecule has 294 valence electrons. The van der Waals surface area contributed by atoms with Gasteiger partial charge in [-0.2, -0.15) is 0 Å². The first-order valence-corrected chi connectivity index (χ1v) is 23.1. The number of thiophene rings is 2. The summed E-state index contributed by atoms with van der Waals surface area (Å²) in [6, 6.07) is 46.0. The molecule has 2 nitrogen and oxygen atoms in total. The van der Waals surface area contributed by atoms with E-state index in [-0.39, 0.29) is 5.41 Å². The highest BCUT2D eigenvalue weighted by Crippen LogP contribution is 2.57. The molecule has 0 amide bonds. The molecule has 1 aliphatic rings. The number of para-hydroxylation sites is 2. The number of fused-ring (bicyclic) bond motifs is 3. The van der Waals surface area contributed by atoms with Crippen molar-refractivity contribution in [1.29, 1.82) is 0 Å². The minimum Gasteiger partial charge on any atom is -0.302 e. The van der Waals surface area contributed by atoms with Gasteiger partial charge in [0.2, 0.25) is 0 Å². The number of rotatable bonds is 22. The number of hydrogen-bond acceptors (Lipinski definition) is 4. The van der Waals surface area contributed by atoms with Gasteiger partial charge in [0.05, 0.1) is 0 Å². The third kappa shape index (κ3) is 9.09. The van der Waals surface area contributed by atoms with Crippen molar-refractivity contribution in [2.24, 2.45) is 0 Å². The Hall–Kier alpha value is -4.64. The van der Waals surface area contributed by atoms with E-state index in [9.17, 15) is 0 Å². The van der Waals surface area contributed by atoms with Crippen LogP contribution in [0.3, 0.4) is 0 Å². The summed E-state index contributed by atoms with van der Waals surface area (Å²) < 4.78 is 0. The molecule has 0 radical (unpaired) electrons. The van der Waals surface area contributed by atoms with Crippen LogP contribution in [-0.4, -0.2) is 0 Å². The van der Waals surface area contributed by atoms with E-state index in [0.29, 0.717) is 0 Å². The van der Waals surface area contributed by atoms with Gasteiger partial charge in [-0.05, 0) is 146 Å². The molecule has 0 aliphatic heterocycles. The van der Waals surface area contributed by atoms with Crippen LogP contribution in [0.4, 0.5) is 32.8 Å². The quantitative estimate of drug-likeness (QED) is 0.0499. The molecule has 0 unspecified atom stereocenters. The zero-order valence-electron chi connectivity index (χ0n) is 34.2. The lowest BCUT2D eigenvalue weighted by Gasteiger charge is -2.35. The van der Waals surface area contributed by atoms with Crippen LogP contribution in [0, 0.1) is 0 Å². The van der Waals surface area contributed by atoms with Crippen molar-refractivity contribution in [2.75, 3.05) is 9.80 Å². The van der Waals surface area contributed by atoms with E-state index < -0.39 is 0 Å². The summed E-state index contributed by atoms with van der Waals surface area (Å²) in [6.45, 7) is 12.5. The van der Waals surface area contributed by atoms with Crippen molar-refractivity contribution in [3.63, 3.8) is 0 Å². The van der Waals surface area contributed by atoms with Crippen LogP contribution in [-0.2, 0) is 18.3 Å². The molecule has 4 aromatic carbocycles. The lowest BCUT2D eigenvalue weighted by molar-refractivity contribution is 0.400. The van der Waals surface area contributed by atoms with Gasteiger partial charge < -0.3 is 9.80 Å². The Balaban J connectivity index is 1.38. The molecule has 57 heavy (non-hydrogen) atoms. The number of anilines is 6. The predicted molar refractivity (Wildman–Crippen MR) is 252 cm³/mol. The lowest BCUT2D eigenvalue weighted by atomic mass is 9.70. The standard InChI is InChI=1S/C53H60N2S2/c1-5-9-11-13-15-23-37-53(38-24-16-14-12-10-6-2)49-39-43(54(41-25-19-17-20-26-41)51-35-31-45(7-3)56-51)29-33-47(49)48-34-30-44(40-50(48)53)55(42-27-21-18-22-28-42)52-36-32-46(8-4)57-52/h5-6,17-22,25-36,39-40H,1-2,7-16,23-24,37-38H2,3-4H3. The van der Waals surface area contributed by atoms with E-state index in [2.05, 4.69) is 170 Å². The average molecular weight is 789 g/mol. The smallest absolute Gasteiger partial charge is 0.100 e. The number of hydrogen-bond donors (Lipinski definition) is 0. The average Bonchev–Trinajstić information content (AvgIpc) is 3.99. The molecule has 0 bridgehead atoms. The van der Waals surface area contributed by atoms with Crippen molar-refractivity contribution < 1.29 is 0 Å². The summed E-state index contributed by atoms with van der Waals surface area (Å²) in [6.07, 6.45) is 20.6. The largest absolute Gasteiger partial charge is 0.302 e. The van der Waals surface area contributed by atoms with Crippen molar-refractivity contribution >= 4 is 55.4 Å². The molecule has 0 spiro atoms. The molecule has 0 saturated carbocycles. The van der Waals surface area contributed by atoms with Crippen molar-refractivity contribution in [3.8, 4) is 11.1 Å². The Kier molecular flexibility index (Phi) is 14.0. The second-order valence-electron chi connectivity index (χ2n) is 15.6. The maximum absolute atomic E-state index is 4.00. The van der Waals surface area contributed by atoms with Crippen molar-refractivity contribution in [2.45, 2.75) is 109 Å². The molecule has 7 rings (SSSR count). The van der Waals surface area contributed by atoms with Gasteiger partial charge in [-0.3, -0.25) is 0 Å². The fourth-order valence-corrected chi connectivity index (χ4v) is 10.8. The summed E-state index contributed by atoms with van der Waals surface area (Å²) in [5, 5.41) is 2.54. The summed E-state index contributed by atoms with van der Waals surface area (Å²) in [7, 11) is 0. The highest BCUT2D eigenvalue weighted by molar-refractivity contribution is 7.16. The zero-order chi connectivity index (χ0) is 39.5. The van der Waals surface area contributed by atoms with Crippen LogP contribution in [0.25, 0.3) is 11.1 Å². The third-order valence-corrected chi connectivity index (χ3v) is 14.3. The van der Waals surface area contributed by atoms with Crippen LogP contribution in [0.5, 0.6) is 0 Å². The first-order chi connectivity index (χ1) is 28.1. The highest BCUT2D eigenvalue weighted by atomic mass is 32.1. The second kappa shape index (κ2) is 19.7. The molecule has 0 fully saturated rings. The van der Waals surface area contributed by atoms with Crippen LogP contribution < -0.4 is 9.80 Å². The topological polar surface area (TPSA) is 6.48 Å². The second-order valence-corrected chi connectivity index (χ2v) is 17.8. The molecule has 0 N–H and O–H groups in total. The van der Waals surface area contributed by atoms with Gasteiger partial charge in [-0.25, -0.2) is 0 Å². The third-order valence-electron chi connectivity index (χ3n) is 11.8. The van der Waals surface area contributed by atoms with Gasteiger partial charge >= 0.3 is 0 Å². The molecule has 1 aliphatic carbocycles. The SMILES string of the molecule is C=CCCCCCCC1(CCCCCCC=C)c2cc(N(c3ccccc3)c3ccc(CC)s3)ccc2-c2ccc(N(c3ccccc3)c3ccc(CC)s3)cc21. The fourth-order valence-electron chi connectivity index (χ4n) is 8.87. The Morgan fingerprint density at radius 1 is 0.474 bits per heavy atom. The van der Waals surface area contributed by atoms with Crippen LogP contribution in [0.2, 0.25) is 0 Å². The summed E-state index contributed by atoms with van der Waals surface area (Å²) >= 11 is 3.82. The molecule has 2 aromatic heterocycles. The van der Waals surface area contributed by atoms with Crippen LogP contribution in [0.1, 0.15) is 112 Å². The van der Waals surface area contributed by atoms with Crippen LogP contribution >= 0.6 is 22.7 Å². The van der Waals surface area contributed by atoms with E-state index in [4.69, 9.17) is 0 Å². The minimum absolute atomic E-state index is 0.0909. The number of nitrogens with zero attached hydrogens (tertiary/aromatic N) is 2. The maximum Gasteiger partial charge on any atom is 0.100 e. The predicted octanol–water partition coefficient (Wildman–Crippen LogP) is 17.2. The molecule has 6 aromatic rings. The minimum atomic E-state index is -0.0909. The van der Waals surface area contributed by atoms with E-state index >= 15 is 0 Å². The summed E-state index contributed by atoms with van der Waals surface area (Å²) in [4.78, 5) is 7.81. The fraction of sp³-hybridized carbons (Fsp3) is 0.321. The Bertz CT molecular complexity index is 2040. The highest BCUT2D eigenvalue weighted by Gasteiger charge is 2.43. The Morgan fingerprint density at radius 2 is 0.895 bits per heavy atom. The van der Waals surface area contributed by atoms with Gasteiger partial charge in [0, 0.05) is 37.9 Å². The number of benzene rings is 4. The van der Waals surface area contributed by atoms with Gasteiger partial charge in [0.15, 0.2) is 0 Å². The molecule has 2 heterocycles. The maximum atomic E-state index is 4.00. The molecule has 4 heteroatoms. The number of unbranched alkanes of at least 4 members (excludes halogenated alkanes) is 8. The van der Waals surface area contributed by atoms with Crippen molar-refractivity contribution in [3.05, 3.63) is 168 Å². The number of aryl methyl sites for hydroxylation is 2. The van der Waals surface area contributed by atoms with Gasteiger partial charge in [0.25, 0.3) is 0 Å². The van der Waals surface area contributed by atoms with E-state index in [1.807, 2.05) is 22.7 Å². The molecule has 0 saturated heterocycles. The number of allylic oxidation sites excluding steroid dienone is 2. The monoisotopic (exact) mass is 788 g/mol. The normalized spacial score (nSPS) is 12.6. The molecular formula is C53H60N2S2. The Morgan fingerprint density at radius 3 is 1.28 bits per heavy atom. The lowest BCUT2D eigenvalue weighted by Crippen LogP contribution is -2.26. The first-order valence-electron chi connectivity index (χ1n) is 21.5. The summed E-state index contributed by atoms with van der Waals surface area (Å²) in [5.41, 5.74) is 10.6. The zero-order valence-corrected chi connectivity index (χ0v) is 35.9. The van der Waals surface area contributed by atoms with Gasteiger partial charge in [-0.1, -0.05) is 113 Å². The van der Waals surface area contributed by atoms with Gasteiger partial charge in [-0.15, -0.1) is 35.8 Å². The van der Waals surface area contributed by atoms with E-state index in [1.54, 1.807) is 0 Å². The summed E-state index contributed by atoms with van der Waals surface area (Å²) in [5.74, 6) is 0. The van der Waals surface area contributed by atoms with Gasteiger partial charge in [0.1, 0.15) is 10.0 Å². The van der Waals surface area contributed by atoms with Crippen LogP contribution in [0.15, 0.2) is 147 Å². The van der Waals surface area contributed by atoms with E-state index in [1.165, 1.54) is 116 Å². The Labute approximate surface area is 351 Å². The molecule has 0 atom stereocenters. The first kappa shape index (κ1) is 40.6. The van der Waals surface area contributed by atoms with Crippen molar-refractivity contribution in [1.82, 2.24) is 0 Å². The molecular weight excluding hydrogens is 729 g/mol. The van der Waals surface area contributed by atoms with E-state index in [0.717, 1.165) is 38.5 Å².